The molecule has 0 unspecified atom stereocenters. The molecule has 0 spiro atoms. The molecule has 1 fully saturated rings. The first-order valence-electron chi connectivity index (χ1n) is 4.56. The summed E-state index contributed by atoms with van der Waals surface area (Å²) in [5.41, 5.74) is 1.25. The molecule has 14 heavy (non-hydrogen) atoms. The summed E-state index contributed by atoms with van der Waals surface area (Å²) in [7, 11) is 0. The number of hydrogen-bond donors (Lipinski definition) is 2. The van der Waals surface area contributed by atoms with Gasteiger partial charge in [-0.3, -0.25) is 4.79 Å². The first-order chi connectivity index (χ1) is 6.59. The molecule has 1 heterocycles. The largest absolute Gasteiger partial charge is 0.477 e. The lowest BCUT2D eigenvalue weighted by atomic mass is 10.1. The Morgan fingerprint density at radius 1 is 1.57 bits per heavy atom. The SMILES string of the molecule is Cc1c(C2CC2)[nH]c(C(=O)O)cc1=O. The van der Waals surface area contributed by atoms with E-state index in [0.29, 0.717) is 11.5 Å². The van der Waals surface area contributed by atoms with Crippen molar-refractivity contribution < 1.29 is 9.90 Å². The van der Waals surface area contributed by atoms with Crippen LogP contribution in [-0.2, 0) is 0 Å². The Hall–Kier alpha value is -1.58. The van der Waals surface area contributed by atoms with Gasteiger partial charge in [0.1, 0.15) is 5.69 Å². The fraction of sp³-hybridized carbons (Fsp3) is 0.400. The van der Waals surface area contributed by atoms with Gasteiger partial charge in [0.15, 0.2) is 5.43 Å². The van der Waals surface area contributed by atoms with Crippen molar-refractivity contribution in [1.29, 1.82) is 0 Å². The molecule has 1 aromatic rings. The first kappa shape index (κ1) is 8.99. The highest BCUT2D eigenvalue weighted by Crippen LogP contribution is 2.39. The predicted octanol–water partition coefficient (Wildman–Crippen LogP) is 1.26. The van der Waals surface area contributed by atoms with Crippen LogP contribution >= 0.6 is 0 Å². The van der Waals surface area contributed by atoms with E-state index in [1.165, 1.54) is 0 Å². The predicted molar refractivity (Wildman–Crippen MR) is 50.7 cm³/mol. The van der Waals surface area contributed by atoms with Gasteiger partial charge < -0.3 is 10.1 Å². The number of aromatic amines is 1. The second kappa shape index (κ2) is 2.97. The molecule has 0 aromatic carbocycles. The third-order valence-corrected chi connectivity index (χ3v) is 2.53. The van der Waals surface area contributed by atoms with Crippen LogP contribution in [0.15, 0.2) is 10.9 Å². The molecule has 0 radical (unpaired) electrons. The normalized spacial score (nSPS) is 15.5. The monoisotopic (exact) mass is 193 g/mol. The number of hydrogen-bond acceptors (Lipinski definition) is 2. The number of aromatic carboxylic acids is 1. The fourth-order valence-corrected chi connectivity index (χ4v) is 1.54. The number of carbonyl (C=O) groups is 1. The molecule has 1 saturated carbocycles. The van der Waals surface area contributed by atoms with Gasteiger partial charge in [-0.25, -0.2) is 4.79 Å². The molecule has 4 heteroatoms. The summed E-state index contributed by atoms with van der Waals surface area (Å²) in [6.07, 6.45) is 2.08. The zero-order chi connectivity index (χ0) is 10.3. The van der Waals surface area contributed by atoms with Crippen LogP contribution in [0.1, 0.15) is 40.5 Å². The summed E-state index contributed by atoms with van der Waals surface area (Å²) in [5, 5.41) is 8.76. The molecule has 74 valence electrons. The molecule has 1 aliphatic carbocycles. The molecule has 0 saturated heterocycles. The van der Waals surface area contributed by atoms with E-state index in [1.54, 1.807) is 6.92 Å². The van der Waals surface area contributed by atoms with E-state index in [4.69, 9.17) is 5.11 Å². The highest BCUT2D eigenvalue weighted by atomic mass is 16.4. The Balaban J connectivity index is 2.57. The summed E-state index contributed by atoms with van der Waals surface area (Å²) in [4.78, 5) is 24.9. The van der Waals surface area contributed by atoms with Gasteiger partial charge in [-0.15, -0.1) is 0 Å². The molecule has 1 aromatic heterocycles. The summed E-state index contributed by atoms with van der Waals surface area (Å²) in [5.74, 6) is -0.717. The van der Waals surface area contributed by atoms with E-state index in [2.05, 4.69) is 4.98 Å². The van der Waals surface area contributed by atoms with Gasteiger partial charge in [-0.2, -0.15) is 0 Å². The van der Waals surface area contributed by atoms with Crippen LogP contribution in [0.25, 0.3) is 0 Å². The van der Waals surface area contributed by atoms with Crippen molar-refractivity contribution in [3.8, 4) is 0 Å². The topological polar surface area (TPSA) is 70.2 Å². The second-order valence-corrected chi connectivity index (χ2v) is 3.67. The van der Waals surface area contributed by atoms with Gasteiger partial charge in [-0.1, -0.05) is 0 Å². The molecule has 2 rings (SSSR count). The van der Waals surface area contributed by atoms with Gasteiger partial charge in [-0.05, 0) is 25.7 Å². The van der Waals surface area contributed by atoms with Crippen LogP contribution < -0.4 is 5.43 Å². The van der Waals surface area contributed by atoms with Crippen molar-refractivity contribution in [1.82, 2.24) is 4.98 Å². The Kier molecular flexibility index (Phi) is 1.91. The number of H-pyrrole nitrogens is 1. The van der Waals surface area contributed by atoms with Crippen molar-refractivity contribution >= 4 is 5.97 Å². The molecular weight excluding hydrogens is 182 g/mol. The molecular formula is C10H11NO3. The van der Waals surface area contributed by atoms with Crippen molar-refractivity contribution in [3.05, 3.63) is 33.2 Å². The van der Waals surface area contributed by atoms with Crippen LogP contribution in [0.4, 0.5) is 0 Å². The lowest BCUT2D eigenvalue weighted by Crippen LogP contribution is -2.14. The fourth-order valence-electron chi connectivity index (χ4n) is 1.54. The maximum absolute atomic E-state index is 11.4. The van der Waals surface area contributed by atoms with Crippen LogP contribution in [0.5, 0.6) is 0 Å². The number of aromatic nitrogens is 1. The highest BCUT2D eigenvalue weighted by Gasteiger charge is 2.27. The Morgan fingerprint density at radius 2 is 2.21 bits per heavy atom. The van der Waals surface area contributed by atoms with Crippen molar-refractivity contribution in [3.63, 3.8) is 0 Å². The minimum absolute atomic E-state index is 0.0116. The average molecular weight is 193 g/mol. The van der Waals surface area contributed by atoms with Gasteiger partial charge >= 0.3 is 5.97 Å². The maximum Gasteiger partial charge on any atom is 0.352 e. The van der Waals surface area contributed by atoms with Crippen LogP contribution in [0, 0.1) is 6.92 Å². The molecule has 4 nitrogen and oxygen atoms in total. The summed E-state index contributed by atoms with van der Waals surface area (Å²) in [6, 6.07) is 1.14. The van der Waals surface area contributed by atoms with Crippen molar-refractivity contribution in [2.45, 2.75) is 25.7 Å². The number of nitrogens with one attached hydrogen (secondary N) is 1. The third-order valence-electron chi connectivity index (χ3n) is 2.53. The zero-order valence-corrected chi connectivity index (χ0v) is 7.83. The Labute approximate surface area is 80.6 Å². The summed E-state index contributed by atoms with van der Waals surface area (Å²) in [6.45, 7) is 1.73. The zero-order valence-electron chi connectivity index (χ0n) is 7.83. The minimum atomic E-state index is -1.08. The highest BCUT2D eigenvalue weighted by molar-refractivity contribution is 5.85. The van der Waals surface area contributed by atoms with Crippen LogP contribution in [-0.4, -0.2) is 16.1 Å². The minimum Gasteiger partial charge on any atom is -0.477 e. The second-order valence-electron chi connectivity index (χ2n) is 3.67. The molecule has 0 amide bonds. The standard InChI is InChI=1S/C10H11NO3/c1-5-8(12)4-7(10(13)14)11-9(5)6-2-3-6/h4,6H,2-3H2,1H3,(H,11,12)(H,13,14). The van der Waals surface area contributed by atoms with Gasteiger partial charge in [0, 0.05) is 17.3 Å². The van der Waals surface area contributed by atoms with E-state index in [1.807, 2.05) is 0 Å². The number of pyridine rings is 1. The van der Waals surface area contributed by atoms with E-state index in [-0.39, 0.29) is 11.1 Å². The van der Waals surface area contributed by atoms with Gasteiger partial charge in [0.05, 0.1) is 0 Å². The van der Waals surface area contributed by atoms with E-state index >= 15 is 0 Å². The number of carboxylic acids is 1. The maximum atomic E-state index is 11.4. The smallest absolute Gasteiger partial charge is 0.352 e. The molecule has 0 atom stereocenters. The summed E-state index contributed by atoms with van der Waals surface area (Å²) < 4.78 is 0. The lowest BCUT2D eigenvalue weighted by molar-refractivity contribution is 0.0690. The van der Waals surface area contributed by atoms with E-state index in [9.17, 15) is 9.59 Å². The average Bonchev–Trinajstić information content (AvgIpc) is 2.92. The van der Waals surface area contributed by atoms with Crippen molar-refractivity contribution in [2.75, 3.05) is 0 Å². The number of carboxylic acid groups (broad SMARTS) is 1. The lowest BCUT2D eigenvalue weighted by Gasteiger charge is -2.04. The van der Waals surface area contributed by atoms with Gasteiger partial charge in [0.25, 0.3) is 0 Å². The number of rotatable bonds is 2. The van der Waals surface area contributed by atoms with Crippen LogP contribution in [0.3, 0.4) is 0 Å². The van der Waals surface area contributed by atoms with E-state index < -0.39 is 5.97 Å². The molecule has 2 N–H and O–H groups in total. The van der Waals surface area contributed by atoms with E-state index in [0.717, 1.165) is 24.6 Å². The molecule has 1 aliphatic rings. The van der Waals surface area contributed by atoms with Gasteiger partial charge in [0.2, 0.25) is 0 Å². The first-order valence-corrected chi connectivity index (χ1v) is 4.56. The third kappa shape index (κ3) is 1.43. The van der Waals surface area contributed by atoms with Crippen molar-refractivity contribution in [2.24, 2.45) is 0 Å². The van der Waals surface area contributed by atoms with Crippen LogP contribution in [0.2, 0.25) is 0 Å². The Morgan fingerprint density at radius 3 is 2.71 bits per heavy atom. The Bertz CT molecular complexity index is 443. The molecule has 0 bridgehead atoms. The molecule has 0 aliphatic heterocycles. The quantitative estimate of drug-likeness (QED) is 0.742. The summed E-state index contributed by atoms with van der Waals surface area (Å²) >= 11 is 0.